The number of rotatable bonds is 3. The van der Waals surface area contributed by atoms with E-state index in [1.165, 1.54) is 0 Å². The summed E-state index contributed by atoms with van der Waals surface area (Å²) in [5.74, 6) is -2.17. The molecule has 0 aliphatic carbocycles. The van der Waals surface area contributed by atoms with Crippen molar-refractivity contribution in [2.75, 3.05) is 4.90 Å². The van der Waals surface area contributed by atoms with Gasteiger partial charge in [0.1, 0.15) is 0 Å². The monoisotopic (exact) mass is 431 g/mol. The number of carbonyl (C=O) groups is 2. The van der Waals surface area contributed by atoms with Crippen LogP contribution in [0.1, 0.15) is 26.3 Å². The summed E-state index contributed by atoms with van der Waals surface area (Å²) in [6.45, 7) is 0. The molecule has 1 heterocycles. The second kappa shape index (κ2) is 6.58. The molecule has 4 rings (SSSR count). The van der Waals surface area contributed by atoms with Gasteiger partial charge in [-0.2, -0.15) is 13.2 Å². The summed E-state index contributed by atoms with van der Waals surface area (Å²) in [4.78, 5) is 47.4. The van der Waals surface area contributed by atoms with Gasteiger partial charge in [0, 0.05) is 29.7 Å². The van der Waals surface area contributed by atoms with Crippen LogP contribution >= 0.6 is 0 Å². The zero-order valence-corrected chi connectivity index (χ0v) is 15.0. The molecule has 3 aromatic rings. The molecule has 1 aliphatic rings. The summed E-state index contributed by atoms with van der Waals surface area (Å²) in [5.41, 5.74) is -3.35. The number of carbonyl (C=O) groups excluding carboxylic acids is 2. The maximum absolute atomic E-state index is 13.1. The molecule has 0 fully saturated rings. The van der Waals surface area contributed by atoms with E-state index in [1.807, 2.05) is 0 Å². The Morgan fingerprint density at radius 3 is 1.77 bits per heavy atom. The number of anilines is 1. The van der Waals surface area contributed by atoms with E-state index in [0.717, 1.165) is 42.5 Å². The molecule has 0 radical (unpaired) electrons. The Morgan fingerprint density at radius 1 is 0.806 bits per heavy atom. The summed E-state index contributed by atoms with van der Waals surface area (Å²) in [7, 11) is 0. The second-order valence-corrected chi connectivity index (χ2v) is 6.59. The first kappa shape index (κ1) is 19.9. The number of benzene rings is 3. The Kier molecular flexibility index (Phi) is 4.24. The SMILES string of the molecule is O=C1c2cc([N+](=O)[O-])cc3cc([N+](=O)[O-])cc(c23)C(=O)N1c1cccc(C(F)(F)F)c1. The third-order valence-electron chi connectivity index (χ3n) is 4.74. The number of halogens is 3. The van der Waals surface area contributed by atoms with Gasteiger partial charge in [0.05, 0.1) is 32.2 Å². The van der Waals surface area contributed by atoms with Gasteiger partial charge in [0.15, 0.2) is 0 Å². The molecule has 12 heteroatoms. The molecule has 0 saturated carbocycles. The third kappa shape index (κ3) is 3.13. The molecule has 31 heavy (non-hydrogen) atoms. The minimum Gasteiger partial charge on any atom is -0.268 e. The smallest absolute Gasteiger partial charge is 0.268 e. The van der Waals surface area contributed by atoms with Crippen molar-refractivity contribution in [1.29, 1.82) is 0 Å². The van der Waals surface area contributed by atoms with Gasteiger partial charge in [-0.3, -0.25) is 29.8 Å². The topological polar surface area (TPSA) is 124 Å². The third-order valence-corrected chi connectivity index (χ3v) is 4.74. The van der Waals surface area contributed by atoms with Crippen LogP contribution < -0.4 is 4.90 Å². The van der Waals surface area contributed by atoms with E-state index in [0.29, 0.717) is 11.0 Å². The Hall–Kier alpha value is -4.35. The van der Waals surface area contributed by atoms with E-state index in [4.69, 9.17) is 0 Å². The molecular weight excluding hydrogens is 423 g/mol. The maximum atomic E-state index is 13.1. The summed E-state index contributed by atoms with van der Waals surface area (Å²) >= 11 is 0. The minimum atomic E-state index is -4.76. The average molecular weight is 431 g/mol. The van der Waals surface area contributed by atoms with Gasteiger partial charge in [0.2, 0.25) is 0 Å². The van der Waals surface area contributed by atoms with Gasteiger partial charge >= 0.3 is 6.18 Å². The molecular formula is C19H8F3N3O6. The van der Waals surface area contributed by atoms with E-state index >= 15 is 0 Å². The molecule has 0 N–H and O–H groups in total. The Balaban J connectivity index is 2.01. The van der Waals surface area contributed by atoms with Crippen molar-refractivity contribution in [2.24, 2.45) is 0 Å². The van der Waals surface area contributed by atoms with Gasteiger partial charge in [-0.05, 0) is 23.6 Å². The highest BCUT2D eigenvalue weighted by Crippen LogP contribution is 2.39. The van der Waals surface area contributed by atoms with Crippen molar-refractivity contribution >= 4 is 39.6 Å². The first-order valence-electron chi connectivity index (χ1n) is 8.45. The van der Waals surface area contributed by atoms with Gasteiger partial charge in [-0.25, -0.2) is 4.90 Å². The van der Waals surface area contributed by atoms with E-state index in [-0.39, 0.29) is 21.9 Å². The lowest BCUT2D eigenvalue weighted by Gasteiger charge is -2.27. The van der Waals surface area contributed by atoms with Gasteiger partial charge < -0.3 is 0 Å². The van der Waals surface area contributed by atoms with Gasteiger partial charge in [-0.15, -0.1) is 0 Å². The molecule has 2 amide bonds. The molecule has 3 aromatic carbocycles. The first-order valence-corrected chi connectivity index (χ1v) is 8.45. The number of hydrogen-bond acceptors (Lipinski definition) is 6. The number of imide groups is 1. The van der Waals surface area contributed by atoms with Gasteiger partial charge in [-0.1, -0.05) is 6.07 Å². The highest BCUT2D eigenvalue weighted by Gasteiger charge is 2.38. The number of non-ortho nitro benzene ring substituents is 2. The fourth-order valence-corrected chi connectivity index (χ4v) is 3.42. The van der Waals surface area contributed by atoms with Crippen molar-refractivity contribution in [3.63, 3.8) is 0 Å². The number of amides is 2. The average Bonchev–Trinajstić information content (AvgIpc) is 2.70. The van der Waals surface area contributed by atoms with Crippen molar-refractivity contribution < 1.29 is 32.6 Å². The van der Waals surface area contributed by atoms with Crippen LogP contribution in [0, 0.1) is 20.2 Å². The van der Waals surface area contributed by atoms with Crippen LogP contribution in [0.25, 0.3) is 10.8 Å². The molecule has 9 nitrogen and oxygen atoms in total. The van der Waals surface area contributed by atoms with Crippen LogP contribution in [0.5, 0.6) is 0 Å². The molecule has 1 aliphatic heterocycles. The number of nitro groups is 2. The predicted molar refractivity (Wildman–Crippen MR) is 99.8 cm³/mol. The van der Waals surface area contributed by atoms with Crippen molar-refractivity contribution in [1.82, 2.24) is 0 Å². The van der Waals surface area contributed by atoms with E-state index in [9.17, 15) is 43.0 Å². The lowest BCUT2D eigenvalue weighted by molar-refractivity contribution is -0.385. The summed E-state index contributed by atoms with van der Waals surface area (Å²) in [6, 6.07) is 7.12. The lowest BCUT2D eigenvalue weighted by atomic mass is 9.92. The number of nitro benzene ring substituents is 2. The number of hydrogen-bond donors (Lipinski definition) is 0. The van der Waals surface area contributed by atoms with Crippen molar-refractivity contribution in [2.45, 2.75) is 6.18 Å². The van der Waals surface area contributed by atoms with Crippen molar-refractivity contribution in [3.05, 3.63) is 85.4 Å². The number of alkyl halides is 3. The zero-order chi connectivity index (χ0) is 22.7. The first-order chi connectivity index (χ1) is 14.5. The molecule has 0 unspecified atom stereocenters. The Morgan fingerprint density at radius 2 is 1.32 bits per heavy atom. The quantitative estimate of drug-likeness (QED) is 0.342. The summed E-state index contributed by atoms with van der Waals surface area (Å²) in [5, 5.41) is 22.4. The summed E-state index contributed by atoms with van der Waals surface area (Å²) < 4.78 is 39.3. The fraction of sp³-hybridized carbons (Fsp3) is 0.0526. The predicted octanol–water partition coefficient (Wildman–Crippen LogP) is 4.48. The molecule has 0 bridgehead atoms. The highest BCUT2D eigenvalue weighted by atomic mass is 19.4. The minimum absolute atomic E-state index is 0.0468. The lowest BCUT2D eigenvalue weighted by Crippen LogP contribution is -2.40. The van der Waals surface area contributed by atoms with Gasteiger partial charge in [0.25, 0.3) is 23.2 Å². The van der Waals surface area contributed by atoms with E-state index in [1.54, 1.807) is 0 Å². The van der Waals surface area contributed by atoms with Crippen LogP contribution in [0.3, 0.4) is 0 Å². The van der Waals surface area contributed by atoms with E-state index < -0.39 is 50.5 Å². The van der Waals surface area contributed by atoms with Crippen LogP contribution in [0.4, 0.5) is 30.2 Å². The summed E-state index contributed by atoms with van der Waals surface area (Å²) in [6.07, 6.45) is -4.76. The molecule has 0 spiro atoms. The van der Waals surface area contributed by atoms with Crippen LogP contribution in [0.15, 0.2) is 48.5 Å². The molecule has 0 saturated heterocycles. The molecule has 156 valence electrons. The molecule has 0 aromatic heterocycles. The van der Waals surface area contributed by atoms with E-state index in [2.05, 4.69) is 0 Å². The second-order valence-electron chi connectivity index (χ2n) is 6.59. The van der Waals surface area contributed by atoms with Crippen LogP contribution in [0.2, 0.25) is 0 Å². The van der Waals surface area contributed by atoms with Crippen LogP contribution in [-0.4, -0.2) is 21.7 Å². The standard InChI is InChI=1S/C19H8F3N3O6/c20-19(21,22)10-2-1-3-11(6-10)23-17(26)14-7-12(24(28)29)4-9-5-13(25(30)31)8-15(16(9)14)18(23)27/h1-8H. The normalized spacial score (nSPS) is 13.6. The fourth-order valence-electron chi connectivity index (χ4n) is 3.42. The Bertz CT molecular complexity index is 1270. The Labute approximate surface area is 169 Å². The largest absolute Gasteiger partial charge is 0.416 e. The highest BCUT2D eigenvalue weighted by molar-refractivity contribution is 6.36. The maximum Gasteiger partial charge on any atom is 0.416 e. The molecule has 0 atom stereocenters. The van der Waals surface area contributed by atoms with Crippen molar-refractivity contribution in [3.8, 4) is 0 Å². The zero-order valence-electron chi connectivity index (χ0n) is 15.0. The van der Waals surface area contributed by atoms with Crippen LogP contribution in [-0.2, 0) is 6.18 Å². The number of nitrogens with zero attached hydrogens (tertiary/aromatic N) is 3.